The molecule has 0 aromatic heterocycles. The predicted octanol–water partition coefficient (Wildman–Crippen LogP) is 4.17. The first-order valence-electron chi connectivity index (χ1n) is 6.28. The highest BCUT2D eigenvalue weighted by Crippen LogP contribution is 2.18. The Hall–Kier alpha value is -2.66. The number of halogens is 2. The fraction of sp³-hybridized carbons (Fsp3) is 0. The summed E-state index contributed by atoms with van der Waals surface area (Å²) < 4.78 is 13.5. The molecule has 3 N–H and O–H groups in total. The average molecular weight is 319 g/mol. The minimum atomic E-state index is -1.06. The lowest BCUT2D eigenvalue weighted by Crippen LogP contribution is -2.01. The van der Waals surface area contributed by atoms with Crippen molar-refractivity contribution in [3.05, 3.63) is 76.7 Å². The van der Waals surface area contributed by atoms with Gasteiger partial charge in [-0.2, -0.15) is 0 Å². The number of carboxylic acids is 1. The fourth-order valence-corrected chi connectivity index (χ4v) is 1.90. The van der Waals surface area contributed by atoms with Crippen molar-refractivity contribution < 1.29 is 14.3 Å². The van der Waals surface area contributed by atoms with E-state index in [1.165, 1.54) is 36.5 Å². The Balaban J connectivity index is 2.08. The van der Waals surface area contributed by atoms with Gasteiger partial charge in [0.1, 0.15) is 5.82 Å². The molecule has 0 bridgehead atoms. The van der Waals surface area contributed by atoms with E-state index in [1.54, 1.807) is 18.2 Å². The molecule has 0 saturated carbocycles. The number of aromatic carboxylic acids is 1. The smallest absolute Gasteiger partial charge is 0.335 e. The van der Waals surface area contributed by atoms with Crippen LogP contribution >= 0.6 is 11.6 Å². The molecule has 0 unspecified atom stereocenters. The van der Waals surface area contributed by atoms with E-state index in [0.717, 1.165) is 0 Å². The van der Waals surface area contributed by atoms with Gasteiger partial charge >= 0.3 is 5.97 Å². The van der Waals surface area contributed by atoms with Crippen LogP contribution in [0.25, 0.3) is 0 Å². The Morgan fingerprint density at radius 3 is 2.64 bits per heavy atom. The lowest BCUT2D eigenvalue weighted by Gasteiger charge is -2.04. The standard InChI is InChI=1S/C16H12ClFN2O2/c17-12-4-5-15(13(18)9-12)20-7-6-14(19)10-2-1-3-11(8-10)16(21)22/h1-9,19-20H,(H,21,22)/b7-6-,19-14?. The number of hydrogen-bond acceptors (Lipinski definition) is 3. The Labute approximate surface area is 131 Å². The van der Waals surface area contributed by atoms with Gasteiger partial charge in [0.15, 0.2) is 0 Å². The van der Waals surface area contributed by atoms with Crippen molar-refractivity contribution in [1.29, 1.82) is 5.41 Å². The van der Waals surface area contributed by atoms with Crippen LogP contribution in [0.1, 0.15) is 15.9 Å². The molecule has 0 aliphatic carbocycles. The molecule has 2 rings (SSSR count). The van der Waals surface area contributed by atoms with Crippen LogP contribution in [0.3, 0.4) is 0 Å². The monoisotopic (exact) mass is 318 g/mol. The van der Waals surface area contributed by atoms with Gasteiger partial charge in [-0.05, 0) is 36.4 Å². The van der Waals surface area contributed by atoms with Crippen LogP contribution in [0.2, 0.25) is 5.02 Å². The number of hydrogen-bond donors (Lipinski definition) is 3. The average Bonchev–Trinajstić information content (AvgIpc) is 2.49. The summed E-state index contributed by atoms with van der Waals surface area (Å²) in [5.74, 6) is -1.56. The Bertz CT molecular complexity index is 760. The van der Waals surface area contributed by atoms with Gasteiger partial charge in [0.2, 0.25) is 0 Å². The first-order chi connectivity index (χ1) is 10.5. The fourth-order valence-electron chi connectivity index (χ4n) is 1.74. The number of carboxylic acid groups (broad SMARTS) is 1. The highest BCUT2D eigenvalue weighted by atomic mass is 35.5. The van der Waals surface area contributed by atoms with Gasteiger partial charge in [-0.15, -0.1) is 0 Å². The predicted molar refractivity (Wildman–Crippen MR) is 84.4 cm³/mol. The number of nitrogens with one attached hydrogen (secondary N) is 2. The molecule has 6 heteroatoms. The number of benzene rings is 2. The second-order valence-corrected chi connectivity index (χ2v) is 4.84. The highest BCUT2D eigenvalue weighted by Gasteiger charge is 2.05. The molecule has 112 valence electrons. The Morgan fingerprint density at radius 1 is 1.23 bits per heavy atom. The van der Waals surface area contributed by atoms with Crippen molar-refractivity contribution in [2.75, 3.05) is 5.32 Å². The van der Waals surface area contributed by atoms with Gasteiger partial charge < -0.3 is 15.8 Å². The molecule has 0 atom stereocenters. The van der Waals surface area contributed by atoms with Gasteiger partial charge in [0, 0.05) is 16.8 Å². The summed E-state index contributed by atoms with van der Waals surface area (Å²) in [6, 6.07) is 10.2. The largest absolute Gasteiger partial charge is 0.478 e. The van der Waals surface area contributed by atoms with Crippen molar-refractivity contribution >= 4 is 29.0 Å². The van der Waals surface area contributed by atoms with Crippen LogP contribution in [0.5, 0.6) is 0 Å². The van der Waals surface area contributed by atoms with E-state index in [0.29, 0.717) is 10.6 Å². The third-order valence-electron chi connectivity index (χ3n) is 2.84. The lowest BCUT2D eigenvalue weighted by atomic mass is 10.1. The summed E-state index contributed by atoms with van der Waals surface area (Å²) in [7, 11) is 0. The van der Waals surface area contributed by atoms with Crippen LogP contribution < -0.4 is 5.32 Å². The molecule has 0 heterocycles. The Morgan fingerprint density at radius 2 is 1.95 bits per heavy atom. The lowest BCUT2D eigenvalue weighted by molar-refractivity contribution is 0.0697. The molecule has 0 saturated heterocycles. The zero-order valence-electron chi connectivity index (χ0n) is 11.3. The van der Waals surface area contributed by atoms with E-state index in [1.807, 2.05) is 0 Å². The van der Waals surface area contributed by atoms with E-state index < -0.39 is 11.8 Å². The maximum Gasteiger partial charge on any atom is 0.335 e. The normalized spacial score (nSPS) is 10.6. The van der Waals surface area contributed by atoms with E-state index in [2.05, 4.69) is 5.32 Å². The number of rotatable bonds is 5. The van der Waals surface area contributed by atoms with Crippen molar-refractivity contribution in [3.63, 3.8) is 0 Å². The molecule has 0 amide bonds. The summed E-state index contributed by atoms with van der Waals surface area (Å²) in [5, 5.41) is 19.8. The summed E-state index contributed by atoms with van der Waals surface area (Å²) in [6.07, 6.45) is 2.82. The second kappa shape index (κ2) is 6.87. The number of allylic oxidation sites excluding steroid dienone is 1. The maximum atomic E-state index is 13.5. The van der Waals surface area contributed by atoms with Crippen LogP contribution in [-0.2, 0) is 0 Å². The summed E-state index contributed by atoms with van der Waals surface area (Å²) >= 11 is 5.65. The molecule has 4 nitrogen and oxygen atoms in total. The quantitative estimate of drug-likeness (QED) is 0.724. The van der Waals surface area contributed by atoms with Gasteiger partial charge in [-0.3, -0.25) is 0 Å². The molecule has 2 aromatic rings. The molecular weight excluding hydrogens is 307 g/mol. The molecule has 0 radical (unpaired) electrons. The molecule has 0 aliphatic heterocycles. The third kappa shape index (κ3) is 3.93. The zero-order chi connectivity index (χ0) is 16.1. The Kier molecular flexibility index (Phi) is 4.91. The van der Waals surface area contributed by atoms with E-state index in [4.69, 9.17) is 22.1 Å². The third-order valence-corrected chi connectivity index (χ3v) is 3.08. The SMILES string of the molecule is N=C(/C=C\Nc1ccc(Cl)cc1F)c1cccc(C(=O)O)c1. The highest BCUT2D eigenvalue weighted by molar-refractivity contribution is 6.30. The summed E-state index contributed by atoms with van der Waals surface area (Å²) in [6.45, 7) is 0. The number of carbonyl (C=O) groups is 1. The van der Waals surface area contributed by atoms with Gasteiger partial charge in [0.05, 0.1) is 17.0 Å². The first kappa shape index (κ1) is 15.7. The van der Waals surface area contributed by atoms with Crippen LogP contribution in [0, 0.1) is 11.2 Å². The maximum absolute atomic E-state index is 13.5. The van der Waals surface area contributed by atoms with Crippen molar-refractivity contribution in [2.45, 2.75) is 0 Å². The van der Waals surface area contributed by atoms with Gasteiger partial charge in [-0.1, -0.05) is 23.7 Å². The van der Waals surface area contributed by atoms with Crippen molar-refractivity contribution in [1.82, 2.24) is 0 Å². The van der Waals surface area contributed by atoms with Crippen LogP contribution in [0.15, 0.2) is 54.7 Å². The van der Waals surface area contributed by atoms with Crippen LogP contribution in [-0.4, -0.2) is 16.8 Å². The molecular formula is C16H12ClFN2O2. The molecule has 2 aromatic carbocycles. The van der Waals surface area contributed by atoms with Crippen LogP contribution in [0.4, 0.5) is 10.1 Å². The van der Waals surface area contributed by atoms with E-state index >= 15 is 0 Å². The summed E-state index contributed by atoms with van der Waals surface area (Å²) in [5.41, 5.74) is 0.889. The minimum Gasteiger partial charge on any atom is -0.478 e. The molecule has 0 fully saturated rings. The van der Waals surface area contributed by atoms with Crippen molar-refractivity contribution in [2.24, 2.45) is 0 Å². The topological polar surface area (TPSA) is 73.2 Å². The van der Waals surface area contributed by atoms with E-state index in [9.17, 15) is 9.18 Å². The first-order valence-corrected chi connectivity index (χ1v) is 6.65. The van der Waals surface area contributed by atoms with Gasteiger partial charge in [0.25, 0.3) is 0 Å². The number of anilines is 1. The zero-order valence-corrected chi connectivity index (χ0v) is 12.1. The van der Waals surface area contributed by atoms with Gasteiger partial charge in [-0.25, -0.2) is 9.18 Å². The molecule has 22 heavy (non-hydrogen) atoms. The minimum absolute atomic E-state index is 0.102. The van der Waals surface area contributed by atoms with Crippen molar-refractivity contribution in [3.8, 4) is 0 Å². The molecule has 0 spiro atoms. The summed E-state index contributed by atoms with van der Waals surface area (Å²) in [4.78, 5) is 10.9. The molecule has 0 aliphatic rings. The second-order valence-electron chi connectivity index (χ2n) is 4.40. The van der Waals surface area contributed by atoms with E-state index in [-0.39, 0.29) is 17.0 Å².